The third-order valence-electron chi connectivity index (χ3n) is 4.26. The maximum atomic E-state index is 13.2. The van der Waals surface area contributed by atoms with Gasteiger partial charge in [0.1, 0.15) is 9.61 Å². The van der Waals surface area contributed by atoms with Crippen LogP contribution in [0.5, 0.6) is 0 Å². The van der Waals surface area contributed by atoms with Gasteiger partial charge in [0.05, 0.1) is 10.7 Å². The van der Waals surface area contributed by atoms with Crippen molar-refractivity contribution in [2.75, 3.05) is 18.2 Å². The Bertz CT molecular complexity index is 838. The highest BCUT2D eigenvalue weighted by atomic mass is 32.2. The van der Waals surface area contributed by atoms with Crippen LogP contribution in [0.15, 0.2) is 69.4 Å². The average Bonchev–Trinajstić information content (AvgIpc) is 3.14. The number of nitrogens with zero attached hydrogens (tertiary/aromatic N) is 2. The number of amides is 1. The molecule has 0 spiro atoms. The van der Waals surface area contributed by atoms with Gasteiger partial charge in [0.2, 0.25) is 0 Å². The minimum atomic E-state index is 0.118. The van der Waals surface area contributed by atoms with Gasteiger partial charge in [-0.3, -0.25) is 4.79 Å². The fourth-order valence-corrected chi connectivity index (χ4v) is 6.39. The van der Waals surface area contributed by atoms with Gasteiger partial charge in [-0.1, -0.05) is 66.0 Å². The number of thioether (sulfide) groups is 3. The second-order valence-electron chi connectivity index (χ2n) is 5.84. The number of carbonyl (C=O) groups is 1. The molecule has 1 amide bonds. The molecule has 2 aromatic carbocycles. The minimum Gasteiger partial charge on any atom is -0.337 e. The molecule has 0 bridgehead atoms. The van der Waals surface area contributed by atoms with E-state index in [0.29, 0.717) is 6.54 Å². The monoisotopic (exact) mass is 386 g/mol. The van der Waals surface area contributed by atoms with Crippen molar-refractivity contribution in [3.05, 3.63) is 70.1 Å². The van der Waals surface area contributed by atoms with Gasteiger partial charge in [0, 0.05) is 18.5 Å². The molecule has 2 aromatic rings. The molecule has 1 saturated heterocycles. The summed E-state index contributed by atoms with van der Waals surface area (Å²) in [5.41, 5.74) is 2.34. The molecule has 3 nitrogen and oxygen atoms in total. The zero-order valence-electron chi connectivity index (χ0n) is 14.0. The van der Waals surface area contributed by atoms with E-state index in [9.17, 15) is 4.79 Å². The first-order valence-electron chi connectivity index (χ1n) is 7.98. The van der Waals surface area contributed by atoms with E-state index in [1.807, 2.05) is 42.3 Å². The Kier molecular flexibility index (Phi) is 4.75. The van der Waals surface area contributed by atoms with E-state index in [1.54, 1.807) is 35.3 Å². The predicted molar refractivity (Wildman–Crippen MR) is 110 cm³/mol. The molecule has 2 aliphatic heterocycles. The van der Waals surface area contributed by atoms with Gasteiger partial charge < -0.3 is 9.80 Å². The van der Waals surface area contributed by atoms with Crippen LogP contribution in [0.3, 0.4) is 0 Å². The molecular formula is C19H18N2OS3. The molecule has 0 radical (unpaired) electrons. The number of benzene rings is 2. The van der Waals surface area contributed by atoms with Gasteiger partial charge in [-0.2, -0.15) is 0 Å². The van der Waals surface area contributed by atoms with Crippen LogP contribution in [0, 0.1) is 0 Å². The molecule has 0 aromatic heterocycles. The topological polar surface area (TPSA) is 23.6 Å². The van der Waals surface area contributed by atoms with E-state index in [0.717, 1.165) is 15.5 Å². The van der Waals surface area contributed by atoms with Crippen LogP contribution in [0.4, 0.5) is 5.69 Å². The van der Waals surface area contributed by atoms with Gasteiger partial charge in [0.15, 0.2) is 0 Å². The van der Waals surface area contributed by atoms with Crippen molar-refractivity contribution in [1.82, 2.24) is 4.90 Å². The molecule has 6 heteroatoms. The average molecular weight is 387 g/mol. The standard InChI is InChI=1S/C19H18N2OS3/c1-20-14-10-6-7-11-15(14)24-18(20)16-17(22)21(19(23-2)25-16)12-13-8-4-3-5-9-13/h3-11,19H,12H2,1-2H3. The fraction of sp³-hybridized carbons (Fsp3) is 0.211. The van der Waals surface area contributed by atoms with E-state index in [-0.39, 0.29) is 10.6 Å². The van der Waals surface area contributed by atoms with E-state index < -0.39 is 0 Å². The van der Waals surface area contributed by atoms with Crippen LogP contribution in [0.2, 0.25) is 0 Å². The Morgan fingerprint density at radius 3 is 2.52 bits per heavy atom. The van der Waals surface area contributed by atoms with Crippen molar-refractivity contribution in [1.29, 1.82) is 0 Å². The maximum absolute atomic E-state index is 13.2. The number of rotatable bonds is 3. The Morgan fingerprint density at radius 1 is 1.08 bits per heavy atom. The highest BCUT2D eigenvalue weighted by molar-refractivity contribution is 8.19. The van der Waals surface area contributed by atoms with Crippen LogP contribution in [-0.2, 0) is 11.3 Å². The first-order chi connectivity index (χ1) is 12.2. The number of hydrogen-bond donors (Lipinski definition) is 0. The quantitative estimate of drug-likeness (QED) is 0.704. The third-order valence-corrected chi connectivity index (χ3v) is 8.21. The SMILES string of the molecule is CSC1SC(=C2Sc3ccccc3N2C)C(=O)N1Cc1ccccc1. The highest BCUT2D eigenvalue weighted by Crippen LogP contribution is 2.52. The van der Waals surface area contributed by atoms with Gasteiger partial charge in [-0.05, 0) is 24.0 Å². The fourth-order valence-electron chi connectivity index (χ4n) is 2.99. The molecule has 1 atom stereocenters. The summed E-state index contributed by atoms with van der Waals surface area (Å²) >= 11 is 5.09. The second kappa shape index (κ2) is 7.02. The zero-order chi connectivity index (χ0) is 17.4. The largest absolute Gasteiger partial charge is 0.337 e. The summed E-state index contributed by atoms with van der Waals surface area (Å²) in [5.74, 6) is 0.135. The number of hydrogen-bond acceptors (Lipinski definition) is 5. The lowest BCUT2D eigenvalue weighted by molar-refractivity contribution is -0.125. The number of para-hydroxylation sites is 1. The number of fused-ring (bicyclic) bond motifs is 1. The van der Waals surface area contributed by atoms with Gasteiger partial charge in [-0.15, -0.1) is 11.8 Å². The molecular weight excluding hydrogens is 368 g/mol. The van der Waals surface area contributed by atoms with E-state index in [2.05, 4.69) is 35.4 Å². The first-order valence-corrected chi connectivity index (χ1v) is 11.0. The zero-order valence-corrected chi connectivity index (χ0v) is 16.5. The predicted octanol–water partition coefficient (Wildman–Crippen LogP) is 4.82. The summed E-state index contributed by atoms with van der Waals surface area (Å²) in [6.45, 7) is 0.649. The van der Waals surface area contributed by atoms with E-state index >= 15 is 0 Å². The van der Waals surface area contributed by atoms with Crippen molar-refractivity contribution >= 4 is 46.9 Å². The van der Waals surface area contributed by atoms with Gasteiger partial charge in [0.25, 0.3) is 5.91 Å². The van der Waals surface area contributed by atoms with E-state index in [4.69, 9.17) is 0 Å². The third kappa shape index (κ3) is 3.07. The van der Waals surface area contributed by atoms with Crippen LogP contribution in [-0.4, -0.2) is 28.8 Å². The van der Waals surface area contributed by atoms with Crippen molar-refractivity contribution in [3.8, 4) is 0 Å². The van der Waals surface area contributed by atoms with Crippen molar-refractivity contribution in [2.24, 2.45) is 0 Å². The van der Waals surface area contributed by atoms with Crippen molar-refractivity contribution < 1.29 is 4.79 Å². The molecule has 2 aliphatic rings. The Hall–Kier alpha value is -1.50. The molecule has 1 unspecified atom stereocenters. The molecule has 2 heterocycles. The van der Waals surface area contributed by atoms with Crippen molar-refractivity contribution in [2.45, 2.75) is 16.1 Å². The summed E-state index contributed by atoms with van der Waals surface area (Å²) in [4.78, 5) is 19.3. The Balaban J connectivity index is 1.65. The smallest absolute Gasteiger partial charge is 0.264 e. The summed E-state index contributed by atoms with van der Waals surface area (Å²) in [6, 6.07) is 18.5. The molecule has 4 rings (SSSR count). The van der Waals surface area contributed by atoms with Crippen LogP contribution in [0.25, 0.3) is 0 Å². The lowest BCUT2D eigenvalue weighted by Gasteiger charge is -2.21. The first kappa shape index (κ1) is 16.9. The molecule has 0 saturated carbocycles. The lowest BCUT2D eigenvalue weighted by atomic mass is 10.2. The molecule has 0 aliphatic carbocycles. The summed E-state index contributed by atoms with van der Waals surface area (Å²) < 4.78 is 0.118. The molecule has 25 heavy (non-hydrogen) atoms. The summed E-state index contributed by atoms with van der Waals surface area (Å²) in [7, 11) is 2.04. The highest BCUT2D eigenvalue weighted by Gasteiger charge is 2.40. The molecule has 1 fully saturated rings. The normalized spacial score (nSPS) is 22.6. The Labute approximate surface area is 160 Å². The van der Waals surface area contributed by atoms with Crippen molar-refractivity contribution in [3.63, 3.8) is 0 Å². The second-order valence-corrected chi connectivity index (χ2v) is 9.18. The van der Waals surface area contributed by atoms with Crippen LogP contribution >= 0.6 is 35.3 Å². The Morgan fingerprint density at radius 2 is 1.80 bits per heavy atom. The summed E-state index contributed by atoms with van der Waals surface area (Å²) in [6.07, 6.45) is 2.07. The van der Waals surface area contributed by atoms with E-state index in [1.165, 1.54) is 10.6 Å². The molecule has 128 valence electrons. The minimum absolute atomic E-state index is 0.118. The van der Waals surface area contributed by atoms with Gasteiger partial charge in [-0.25, -0.2) is 0 Å². The molecule has 0 N–H and O–H groups in total. The van der Waals surface area contributed by atoms with Crippen LogP contribution < -0.4 is 4.90 Å². The van der Waals surface area contributed by atoms with Gasteiger partial charge >= 0.3 is 0 Å². The number of anilines is 1. The lowest BCUT2D eigenvalue weighted by Crippen LogP contribution is -2.30. The van der Waals surface area contributed by atoms with Crippen LogP contribution in [0.1, 0.15) is 5.56 Å². The maximum Gasteiger partial charge on any atom is 0.264 e. The summed E-state index contributed by atoms with van der Waals surface area (Å²) in [5, 5.41) is 1.05. The number of carbonyl (C=O) groups excluding carboxylic acids is 1.